The molecule has 0 aliphatic rings. The van der Waals surface area contributed by atoms with E-state index in [0.717, 1.165) is 11.1 Å². The van der Waals surface area contributed by atoms with Crippen molar-refractivity contribution in [3.8, 4) is 0 Å². The molecule has 0 spiro atoms. The van der Waals surface area contributed by atoms with Gasteiger partial charge in [-0.1, -0.05) is 42.5 Å². The predicted molar refractivity (Wildman–Crippen MR) is 72.7 cm³/mol. The van der Waals surface area contributed by atoms with Crippen molar-refractivity contribution in [2.45, 2.75) is 20.1 Å². The molecular weight excluding hydrogens is 240 g/mol. The van der Waals surface area contributed by atoms with E-state index in [1.165, 1.54) is 0 Å². The molecule has 0 aliphatic carbocycles. The largest absolute Gasteiger partial charge is 0.457 e. The van der Waals surface area contributed by atoms with Crippen LogP contribution in [-0.4, -0.2) is 11.1 Å². The summed E-state index contributed by atoms with van der Waals surface area (Å²) in [7, 11) is 0. The Balaban J connectivity index is 2.08. The number of esters is 1. The quantitative estimate of drug-likeness (QED) is 0.856. The highest BCUT2D eigenvalue weighted by atomic mass is 16.5. The molecule has 0 aromatic heterocycles. The van der Waals surface area contributed by atoms with Crippen LogP contribution in [0.2, 0.25) is 0 Å². The number of hydrogen-bond acceptors (Lipinski definition) is 3. The van der Waals surface area contributed by atoms with Gasteiger partial charge in [-0.25, -0.2) is 4.79 Å². The fourth-order valence-electron chi connectivity index (χ4n) is 1.79. The molecule has 2 rings (SSSR count). The lowest BCUT2D eigenvalue weighted by Gasteiger charge is -2.08. The average Bonchev–Trinajstić information content (AvgIpc) is 2.46. The van der Waals surface area contributed by atoms with Crippen LogP contribution in [0.3, 0.4) is 0 Å². The van der Waals surface area contributed by atoms with Crippen molar-refractivity contribution < 1.29 is 14.6 Å². The Kier molecular flexibility index (Phi) is 4.31. The number of carbonyl (C=O) groups excluding carboxylic acids is 1. The van der Waals surface area contributed by atoms with Crippen LogP contribution in [0, 0.1) is 6.92 Å². The lowest BCUT2D eigenvalue weighted by atomic mass is 10.1. The van der Waals surface area contributed by atoms with E-state index in [-0.39, 0.29) is 19.2 Å². The van der Waals surface area contributed by atoms with Gasteiger partial charge in [-0.3, -0.25) is 0 Å². The Hall–Kier alpha value is -2.13. The second-order valence-corrected chi connectivity index (χ2v) is 4.37. The van der Waals surface area contributed by atoms with Crippen molar-refractivity contribution >= 4 is 5.97 Å². The minimum absolute atomic E-state index is 0.0841. The fourth-order valence-corrected chi connectivity index (χ4v) is 1.79. The van der Waals surface area contributed by atoms with Crippen LogP contribution in [0.5, 0.6) is 0 Å². The van der Waals surface area contributed by atoms with Gasteiger partial charge in [0.1, 0.15) is 6.61 Å². The monoisotopic (exact) mass is 256 g/mol. The van der Waals surface area contributed by atoms with E-state index in [0.29, 0.717) is 11.1 Å². The maximum atomic E-state index is 12.0. The molecule has 3 nitrogen and oxygen atoms in total. The number of benzene rings is 2. The molecule has 0 unspecified atom stereocenters. The lowest BCUT2D eigenvalue weighted by molar-refractivity contribution is 0.0471. The Bertz CT molecular complexity index is 561. The summed E-state index contributed by atoms with van der Waals surface area (Å²) in [6.07, 6.45) is 0. The molecule has 0 aliphatic heterocycles. The van der Waals surface area contributed by atoms with E-state index in [1.807, 2.05) is 43.3 Å². The van der Waals surface area contributed by atoms with Crippen LogP contribution in [0.25, 0.3) is 0 Å². The summed E-state index contributed by atoms with van der Waals surface area (Å²) in [6, 6.07) is 14.8. The number of carbonyl (C=O) groups is 1. The molecule has 0 heterocycles. The highest BCUT2D eigenvalue weighted by Crippen LogP contribution is 2.14. The van der Waals surface area contributed by atoms with E-state index in [4.69, 9.17) is 9.84 Å². The highest BCUT2D eigenvalue weighted by molar-refractivity contribution is 5.91. The third kappa shape index (κ3) is 3.42. The van der Waals surface area contributed by atoms with Gasteiger partial charge in [-0.15, -0.1) is 0 Å². The maximum absolute atomic E-state index is 12.0. The SMILES string of the molecule is Cc1ccc(CO)cc1C(=O)OCc1ccccc1. The first-order valence-corrected chi connectivity index (χ1v) is 6.12. The molecule has 1 N–H and O–H groups in total. The van der Waals surface area contributed by atoms with E-state index in [9.17, 15) is 4.79 Å². The number of rotatable bonds is 4. The zero-order valence-corrected chi connectivity index (χ0v) is 10.8. The third-order valence-corrected chi connectivity index (χ3v) is 2.92. The topological polar surface area (TPSA) is 46.5 Å². The lowest BCUT2D eigenvalue weighted by Crippen LogP contribution is -2.07. The van der Waals surface area contributed by atoms with Crippen LogP contribution in [0.15, 0.2) is 48.5 Å². The van der Waals surface area contributed by atoms with E-state index in [1.54, 1.807) is 12.1 Å². The third-order valence-electron chi connectivity index (χ3n) is 2.92. The molecule has 0 fully saturated rings. The molecule has 0 radical (unpaired) electrons. The van der Waals surface area contributed by atoms with Gasteiger partial charge in [0.15, 0.2) is 0 Å². The zero-order valence-electron chi connectivity index (χ0n) is 10.8. The molecule has 0 atom stereocenters. The van der Waals surface area contributed by atoms with Gasteiger partial charge in [0.05, 0.1) is 12.2 Å². The maximum Gasteiger partial charge on any atom is 0.338 e. The molecule has 3 heteroatoms. The van der Waals surface area contributed by atoms with Crippen LogP contribution < -0.4 is 0 Å². The first-order chi connectivity index (χ1) is 9.20. The Labute approximate surface area is 112 Å². The second-order valence-electron chi connectivity index (χ2n) is 4.37. The number of hydrogen-bond donors (Lipinski definition) is 1. The van der Waals surface area contributed by atoms with Crippen molar-refractivity contribution in [1.29, 1.82) is 0 Å². The second kappa shape index (κ2) is 6.16. The summed E-state index contributed by atoms with van der Waals surface area (Å²) in [6.45, 7) is 2.02. The number of aliphatic hydroxyl groups excluding tert-OH is 1. The van der Waals surface area contributed by atoms with Crippen LogP contribution in [0.4, 0.5) is 0 Å². The zero-order chi connectivity index (χ0) is 13.7. The molecule has 19 heavy (non-hydrogen) atoms. The van der Waals surface area contributed by atoms with Gasteiger partial charge in [-0.2, -0.15) is 0 Å². The summed E-state index contributed by atoms with van der Waals surface area (Å²) in [5.41, 5.74) is 3.00. The first kappa shape index (κ1) is 13.3. The van der Waals surface area contributed by atoms with Gasteiger partial charge in [0.25, 0.3) is 0 Å². The number of aliphatic hydroxyl groups is 1. The molecule has 2 aromatic carbocycles. The van der Waals surface area contributed by atoms with Crippen LogP contribution in [-0.2, 0) is 18.0 Å². The Morgan fingerprint density at radius 2 is 1.84 bits per heavy atom. The van der Waals surface area contributed by atoms with Crippen molar-refractivity contribution in [1.82, 2.24) is 0 Å². The normalized spacial score (nSPS) is 10.2. The van der Waals surface area contributed by atoms with Gasteiger partial charge < -0.3 is 9.84 Å². The molecule has 0 amide bonds. The summed E-state index contributed by atoms with van der Waals surface area (Å²) in [5, 5.41) is 9.09. The van der Waals surface area contributed by atoms with Crippen LogP contribution >= 0.6 is 0 Å². The summed E-state index contributed by atoms with van der Waals surface area (Å²) in [4.78, 5) is 12.0. The van der Waals surface area contributed by atoms with Crippen molar-refractivity contribution in [2.75, 3.05) is 0 Å². The molecule has 0 bridgehead atoms. The van der Waals surface area contributed by atoms with Gasteiger partial charge in [0, 0.05) is 0 Å². The Morgan fingerprint density at radius 1 is 1.11 bits per heavy atom. The molecule has 2 aromatic rings. The standard InChI is InChI=1S/C16H16O3/c1-12-7-8-14(10-17)9-15(12)16(18)19-11-13-5-3-2-4-6-13/h2-9,17H,10-11H2,1H3. The summed E-state index contributed by atoms with van der Waals surface area (Å²) in [5.74, 6) is -0.364. The van der Waals surface area contributed by atoms with Gasteiger partial charge in [-0.05, 0) is 29.7 Å². The molecule has 98 valence electrons. The average molecular weight is 256 g/mol. The Morgan fingerprint density at radius 3 is 2.53 bits per heavy atom. The molecule has 0 saturated heterocycles. The highest BCUT2D eigenvalue weighted by Gasteiger charge is 2.11. The molecule has 0 saturated carbocycles. The fraction of sp³-hybridized carbons (Fsp3) is 0.188. The first-order valence-electron chi connectivity index (χ1n) is 6.12. The van der Waals surface area contributed by atoms with Gasteiger partial charge in [0.2, 0.25) is 0 Å². The van der Waals surface area contributed by atoms with Gasteiger partial charge >= 0.3 is 5.97 Å². The minimum Gasteiger partial charge on any atom is -0.457 e. The number of ether oxygens (including phenoxy) is 1. The van der Waals surface area contributed by atoms with Crippen molar-refractivity contribution in [2.24, 2.45) is 0 Å². The van der Waals surface area contributed by atoms with Crippen molar-refractivity contribution in [3.63, 3.8) is 0 Å². The minimum atomic E-state index is -0.364. The van der Waals surface area contributed by atoms with Crippen LogP contribution in [0.1, 0.15) is 27.0 Å². The van der Waals surface area contributed by atoms with E-state index >= 15 is 0 Å². The number of aryl methyl sites for hydroxylation is 1. The van der Waals surface area contributed by atoms with E-state index < -0.39 is 0 Å². The summed E-state index contributed by atoms with van der Waals surface area (Å²) < 4.78 is 5.27. The predicted octanol–water partition coefficient (Wildman–Crippen LogP) is 2.84. The van der Waals surface area contributed by atoms with Crippen molar-refractivity contribution in [3.05, 3.63) is 70.8 Å². The van der Waals surface area contributed by atoms with E-state index in [2.05, 4.69) is 0 Å². The molecular formula is C16H16O3. The summed E-state index contributed by atoms with van der Waals surface area (Å²) >= 11 is 0. The smallest absolute Gasteiger partial charge is 0.338 e.